The molecule has 0 radical (unpaired) electrons. The lowest BCUT2D eigenvalue weighted by Crippen LogP contribution is -2.42. The van der Waals surface area contributed by atoms with Crippen LogP contribution >= 0.6 is 0 Å². The zero-order valence-electron chi connectivity index (χ0n) is 11.4. The van der Waals surface area contributed by atoms with Gasteiger partial charge in [0.05, 0.1) is 0 Å². The number of benzene rings is 1. The summed E-state index contributed by atoms with van der Waals surface area (Å²) in [5.74, 6) is 0.188. The molecule has 1 saturated carbocycles. The Hall–Kier alpha value is -1.58. The van der Waals surface area contributed by atoms with Crippen LogP contribution in [0.5, 0.6) is 5.75 Å². The SMILES string of the molecule is CC(Oc1ccc(F)cc1)C(=O)N(C)C1CCCC1. The van der Waals surface area contributed by atoms with Crippen molar-refractivity contribution < 1.29 is 13.9 Å². The molecule has 0 saturated heterocycles. The molecule has 1 amide bonds. The second-order valence-electron chi connectivity index (χ2n) is 5.10. The van der Waals surface area contributed by atoms with Gasteiger partial charge in [-0.3, -0.25) is 4.79 Å². The lowest BCUT2D eigenvalue weighted by molar-refractivity contribution is -0.138. The van der Waals surface area contributed by atoms with Crippen LogP contribution in [0.1, 0.15) is 32.6 Å². The van der Waals surface area contributed by atoms with Crippen LogP contribution in [0.2, 0.25) is 0 Å². The lowest BCUT2D eigenvalue weighted by Gasteiger charge is -2.27. The van der Waals surface area contributed by atoms with E-state index in [0.717, 1.165) is 12.8 Å². The first-order valence-corrected chi connectivity index (χ1v) is 6.77. The minimum absolute atomic E-state index is 0.0174. The number of carbonyl (C=O) groups excluding carboxylic acids is 1. The Morgan fingerprint density at radius 1 is 1.32 bits per heavy atom. The van der Waals surface area contributed by atoms with Gasteiger partial charge in [0.15, 0.2) is 6.10 Å². The maximum atomic E-state index is 12.8. The highest BCUT2D eigenvalue weighted by Gasteiger charge is 2.27. The van der Waals surface area contributed by atoms with E-state index in [4.69, 9.17) is 4.74 Å². The summed E-state index contributed by atoms with van der Waals surface area (Å²) in [6.45, 7) is 1.73. The van der Waals surface area contributed by atoms with Crippen LogP contribution in [-0.2, 0) is 4.79 Å². The molecule has 4 heteroatoms. The molecule has 1 aromatic carbocycles. The van der Waals surface area contributed by atoms with Crippen LogP contribution < -0.4 is 4.74 Å². The molecule has 1 atom stereocenters. The predicted molar refractivity (Wildman–Crippen MR) is 71.5 cm³/mol. The number of rotatable bonds is 4. The van der Waals surface area contributed by atoms with Gasteiger partial charge in [-0.25, -0.2) is 4.39 Å². The number of hydrogen-bond acceptors (Lipinski definition) is 2. The van der Waals surface area contributed by atoms with Crippen molar-refractivity contribution >= 4 is 5.91 Å². The van der Waals surface area contributed by atoms with Crippen molar-refractivity contribution in [2.24, 2.45) is 0 Å². The van der Waals surface area contributed by atoms with Gasteiger partial charge in [0.2, 0.25) is 0 Å². The minimum atomic E-state index is -0.545. The van der Waals surface area contributed by atoms with Gasteiger partial charge in [0.1, 0.15) is 11.6 Å². The number of nitrogens with zero attached hydrogens (tertiary/aromatic N) is 1. The molecule has 0 N–H and O–H groups in total. The van der Waals surface area contributed by atoms with E-state index in [1.165, 1.54) is 37.1 Å². The van der Waals surface area contributed by atoms with Gasteiger partial charge in [0, 0.05) is 13.1 Å². The first kappa shape index (κ1) is 13.8. The molecule has 1 aliphatic rings. The van der Waals surface area contributed by atoms with Crippen LogP contribution in [0.4, 0.5) is 4.39 Å². The maximum absolute atomic E-state index is 12.8. The maximum Gasteiger partial charge on any atom is 0.263 e. The molecule has 2 rings (SSSR count). The standard InChI is InChI=1S/C15H20FNO2/c1-11(19-14-9-7-12(16)8-10-14)15(18)17(2)13-5-3-4-6-13/h7-11,13H,3-6H2,1-2H3. The third-order valence-corrected chi connectivity index (χ3v) is 3.69. The van der Waals surface area contributed by atoms with E-state index < -0.39 is 6.10 Å². The number of ether oxygens (including phenoxy) is 1. The van der Waals surface area contributed by atoms with Crippen LogP contribution in [0.15, 0.2) is 24.3 Å². The van der Waals surface area contributed by atoms with Crippen molar-refractivity contribution in [3.8, 4) is 5.75 Å². The molecular weight excluding hydrogens is 245 g/mol. The molecule has 3 nitrogen and oxygen atoms in total. The lowest BCUT2D eigenvalue weighted by atomic mass is 10.2. The summed E-state index contributed by atoms with van der Waals surface area (Å²) < 4.78 is 18.3. The third-order valence-electron chi connectivity index (χ3n) is 3.69. The van der Waals surface area contributed by atoms with Crippen molar-refractivity contribution in [2.75, 3.05) is 7.05 Å². The summed E-state index contributed by atoms with van der Waals surface area (Å²) in [5.41, 5.74) is 0. The largest absolute Gasteiger partial charge is 0.481 e. The van der Waals surface area contributed by atoms with Crippen molar-refractivity contribution in [1.29, 1.82) is 0 Å². The topological polar surface area (TPSA) is 29.5 Å². The smallest absolute Gasteiger partial charge is 0.263 e. The Bertz CT molecular complexity index is 426. The fourth-order valence-electron chi connectivity index (χ4n) is 2.53. The second-order valence-corrected chi connectivity index (χ2v) is 5.10. The van der Waals surface area contributed by atoms with Crippen LogP contribution in [0, 0.1) is 5.82 Å². The summed E-state index contributed by atoms with van der Waals surface area (Å²) in [6.07, 6.45) is 3.98. The summed E-state index contributed by atoms with van der Waals surface area (Å²) in [7, 11) is 1.84. The molecule has 0 heterocycles. The molecule has 19 heavy (non-hydrogen) atoms. The van der Waals surface area contributed by atoms with Gasteiger partial charge in [-0.15, -0.1) is 0 Å². The average molecular weight is 265 g/mol. The number of hydrogen-bond donors (Lipinski definition) is 0. The number of amides is 1. The molecule has 0 aliphatic heterocycles. The molecule has 104 valence electrons. The van der Waals surface area contributed by atoms with E-state index in [9.17, 15) is 9.18 Å². The van der Waals surface area contributed by atoms with Crippen LogP contribution in [0.25, 0.3) is 0 Å². The molecule has 1 fully saturated rings. The van der Waals surface area contributed by atoms with E-state index >= 15 is 0 Å². The van der Waals surface area contributed by atoms with Crippen LogP contribution in [-0.4, -0.2) is 30.0 Å². The molecule has 1 unspecified atom stereocenters. The monoisotopic (exact) mass is 265 g/mol. The Labute approximate surface area is 113 Å². The highest BCUT2D eigenvalue weighted by Crippen LogP contribution is 2.23. The van der Waals surface area contributed by atoms with Crippen molar-refractivity contribution in [3.05, 3.63) is 30.1 Å². The first-order valence-electron chi connectivity index (χ1n) is 6.77. The summed E-state index contributed by atoms with van der Waals surface area (Å²) in [6, 6.07) is 6.07. The van der Waals surface area contributed by atoms with Gasteiger partial charge in [-0.2, -0.15) is 0 Å². The normalized spacial score (nSPS) is 17.2. The molecule has 1 aliphatic carbocycles. The van der Waals surface area contributed by atoms with E-state index in [2.05, 4.69) is 0 Å². The van der Waals surface area contributed by atoms with E-state index in [1.807, 2.05) is 7.05 Å². The first-order chi connectivity index (χ1) is 9.08. The van der Waals surface area contributed by atoms with Crippen molar-refractivity contribution in [3.63, 3.8) is 0 Å². The Balaban J connectivity index is 1.93. The fraction of sp³-hybridized carbons (Fsp3) is 0.533. The quantitative estimate of drug-likeness (QED) is 0.837. The summed E-state index contributed by atoms with van der Waals surface area (Å²) in [4.78, 5) is 14.0. The van der Waals surface area contributed by atoms with Crippen molar-refractivity contribution in [2.45, 2.75) is 44.8 Å². The molecule has 0 spiro atoms. The average Bonchev–Trinajstić information content (AvgIpc) is 2.93. The third kappa shape index (κ3) is 3.46. The number of likely N-dealkylation sites (N-methyl/N-ethyl adjacent to an activating group) is 1. The molecular formula is C15H20FNO2. The Kier molecular flexibility index (Phi) is 4.40. The highest BCUT2D eigenvalue weighted by molar-refractivity contribution is 5.81. The fourth-order valence-corrected chi connectivity index (χ4v) is 2.53. The van der Waals surface area contributed by atoms with Crippen molar-refractivity contribution in [1.82, 2.24) is 4.90 Å². The second kappa shape index (κ2) is 6.04. The van der Waals surface area contributed by atoms with E-state index in [1.54, 1.807) is 11.8 Å². The summed E-state index contributed by atoms with van der Waals surface area (Å²) in [5, 5.41) is 0. The minimum Gasteiger partial charge on any atom is -0.481 e. The van der Waals surface area contributed by atoms with Gasteiger partial charge >= 0.3 is 0 Å². The highest BCUT2D eigenvalue weighted by atomic mass is 19.1. The molecule has 1 aromatic rings. The van der Waals surface area contributed by atoms with Gasteiger partial charge < -0.3 is 9.64 Å². The van der Waals surface area contributed by atoms with E-state index in [0.29, 0.717) is 11.8 Å². The Morgan fingerprint density at radius 3 is 2.47 bits per heavy atom. The summed E-state index contributed by atoms with van der Waals surface area (Å²) >= 11 is 0. The Morgan fingerprint density at radius 2 is 1.89 bits per heavy atom. The zero-order chi connectivity index (χ0) is 13.8. The number of halogens is 1. The van der Waals surface area contributed by atoms with E-state index in [-0.39, 0.29) is 11.7 Å². The van der Waals surface area contributed by atoms with Crippen LogP contribution in [0.3, 0.4) is 0 Å². The number of carbonyl (C=O) groups is 1. The van der Waals surface area contributed by atoms with Gasteiger partial charge in [-0.05, 0) is 44.0 Å². The molecule has 0 bridgehead atoms. The molecule has 0 aromatic heterocycles. The zero-order valence-corrected chi connectivity index (χ0v) is 11.4. The van der Waals surface area contributed by atoms with Gasteiger partial charge in [0.25, 0.3) is 5.91 Å². The van der Waals surface area contributed by atoms with Gasteiger partial charge in [-0.1, -0.05) is 12.8 Å². The predicted octanol–water partition coefficient (Wildman–Crippen LogP) is 2.99.